The van der Waals surface area contributed by atoms with Gasteiger partial charge < -0.3 is 5.73 Å². The van der Waals surface area contributed by atoms with Gasteiger partial charge in [-0.15, -0.1) is 0 Å². The third kappa shape index (κ3) is 3.03. The molecule has 0 aliphatic carbocycles. The highest BCUT2D eigenvalue weighted by molar-refractivity contribution is 7.92. The van der Waals surface area contributed by atoms with Gasteiger partial charge in [0.25, 0.3) is 10.0 Å². The topological polar surface area (TPSA) is 72.2 Å². The van der Waals surface area contributed by atoms with E-state index in [0.717, 1.165) is 5.56 Å². The zero-order chi connectivity index (χ0) is 14.0. The van der Waals surface area contributed by atoms with Crippen molar-refractivity contribution in [3.63, 3.8) is 0 Å². The minimum Gasteiger partial charge on any atom is -0.399 e. The van der Waals surface area contributed by atoms with Gasteiger partial charge in [-0.25, -0.2) is 12.8 Å². The molecule has 0 fully saturated rings. The highest BCUT2D eigenvalue weighted by Gasteiger charge is 2.16. The van der Waals surface area contributed by atoms with Crippen molar-refractivity contribution in [3.8, 4) is 0 Å². The summed E-state index contributed by atoms with van der Waals surface area (Å²) in [5, 5.41) is 0. The van der Waals surface area contributed by atoms with Gasteiger partial charge in [0.1, 0.15) is 5.82 Å². The quantitative estimate of drug-likeness (QED) is 0.848. The number of rotatable bonds is 3. The molecule has 2 rings (SSSR count). The van der Waals surface area contributed by atoms with E-state index >= 15 is 0 Å². The van der Waals surface area contributed by atoms with Gasteiger partial charge in [-0.05, 0) is 42.8 Å². The van der Waals surface area contributed by atoms with Crippen LogP contribution in [0.3, 0.4) is 0 Å². The number of hydrogen-bond donors (Lipinski definition) is 2. The lowest BCUT2D eigenvalue weighted by molar-refractivity contribution is 0.598. The molecule has 6 heteroatoms. The van der Waals surface area contributed by atoms with E-state index in [2.05, 4.69) is 4.72 Å². The predicted molar refractivity (Wildman–Crippen MR) is 72.8 cm³/mol. The maximum absolute atomic E-state index is 13.5. The van der Waals surface area contributed by atoms with E-state index in [9.17, 15) is 12.8 Å². The van der Waals surface area contributed by atoms with Gasteiger partial charge in [0.2, 0.25) is 0 Å². The Labute approximate surface area is 111 Å². The first kappa shape index (κ1) is 13.4. The van der Waals surface area contributed by atoms with Gasteiger partial charge >= 0.3 is 0 Å². The SMILES string of the molecule is Cc1ccc(F)c(NS(=O)(=O)c2cccc(N)c2)c1. The monoisotopic (exact) mass is 280 g/mol. The summed E-state index contributed by atoms with van der Waals surface area (Å²) in [5.74, 6) is -0.627. The number of sulfonamides is 1. The average molecular weight is 280 g/mol. The molecule has 0 saturated carbocycles. The molecule has 3 N–H and O–H groups in total. The minimum absolute atomic E-state index is 0.00611. The Morgan fingerprint density at radius 3 is 2.58 bits per heavy atom. The van der Waals surface area contributed by atoms with Crippen molar-refractivity contribution in [2.45, 2.75) is 11.8 Å². The Hall–Kier alpha value is -2.08. The summed E-state index contributed by atoms with van der Waals surface area (Å²) < 4.78 is 39.9. The molecule has 0 radical (unpaired) electrons. The lowest BCUT2D eigenvalue weighted by Crippen LogP contribution is -2.14. The Balaban J connectivity index is 2.39. The van der Waals surface area contributed by atoms with E-state index in [1.54, 1.807) is 19.1 Å². The van der Waals surface area contributed by atoms with E-state index in [-0.39, 0.29) is 10.6 Å². The van der Waals surface area contributed by atoms with Crippen LogP contribution in [0.4, 0.5) is 15.8 Å². The van der Waals surface area contributed by atoms with Crippen LogP contribution in [0.25, 0.3) is 0 Å². The Bertz CT molecular complexity index is 714. The van der Waals surface area contributed by atoms with Gasteiger partial charge in [0.05, 0.1) is 10.6 Å². The first-order valence-electron chi connectivity index (χ1n) is 5.53. The van der Waals surface area contributed by atoms with Crippen LogP contribution < -0.4 is 10.5 Å². The second kappa shape index (κ2) is 4.89. The summed E-state index contributed by atoms with van der Waals surface area (Å²) in [4.78, 5) is -0.00611. The first-order valence-corrected chi connectivity index (χ1v) is 7.01. The van der Waals surface area contributed by atoms with Crippen molar-refractivity contribution in [1.29, 1.82) is 0 Å². The number of hydrogen-bond acceptors (Lipinski definition) is 3. The molecule has 0 heterocycles. The molecule has 0 amide bonds. The third-order valence-corrected chi connectivity index (χ3v) is 3.90. The zero-order valence-electron chi connectivity index (χ0n) is 10.2. The Kier molecular flexibility index (Phi) is 3.44. The molecule has 0 aromatic heterocycles. The number of nitrogens with two attached hydrogens (primary N) is 1. The molecule has 0 saturated heterocycles. The molecule has 0 atom stereocenters. The number of aryl methyl sites for hydroxylation is 1. The molecule has 2 aromatic carbocycles. The number of halogens is 1. The van der Waals surface area contributed by atoms with Crippen molar-refractivity contribution in [2.75, 3.05) is 10.5 Å². The van der Waals surface area contributed by atoms with E-state index < -0.39 is 15.8 Å². The largest absolute Gasteiger partial charge is 0.399 e. The van der Waals surface area contributed by atoms with Crippen molar-refractivity contribution >= 4 is 21.4 Å². The summed E-state index contributed by atoms with van der Waals surface area (Å²) in [6, 6.07) is 10.0. The van der Waals surface area contributed by atoms with Gasteiger partial charge in [-0.2, -0.15) is 0 Å². The van der Waals surface area contributed by atoms with Crippen molar-refractivity contribution < 1.29 is 12.8 Å². The summed E-state index contributed by atoms with van der Waals surface area (Å²) in [7, 11) is -3.85. The standard InChI is InChI=1S/C13H13FN2O2S/c1-9-5-6-12(14)13(7-9)16-19(17,18)11-4-2-3-10(15)8-11/h2-8,16H,15H2,1H3. The normalized spacial score (nSPS) is 11.3. The fourth-order valence-corrected chi connectivity index (χ4v) is 2.72. The molecule has 0 aliphatic heterocycles. The van der Waals surface area contributed by atoms with Crippen LogP contribution >= 0.6 is 0 Å². The zero-order valence-corrected chi connectivity index (χ0v) is 11.0. The Morgan fingerprint density at radius 1 is 1.16 bits per heavy atom. The number of anilines is 2. The molecule has 0 aliphatic rings. The lowest BCUT2D eigenvalue weighted by atomic mass is 10.2. The molecule has 4 nitrogen and oxygen atoms in total. The van der Waals surface area contributed by atoms with Crippen LogP contribution in [0.1, 0.15) is 5.56 Å². The average Bonchev–Trinajstić information content (AvgIpc) is 2.33. The molecular formula is C13H13FN2O2S. The molecule has 0 spiro atoms. The maximum Gasteiger partial charge on any atom is 0.262 e. The summed E-state index contributed by atoms with van der Waals surface area (Å²) in [6.45, 7) is 1.75. The van der Waals surface area contributed by atoms with Crippen LogP contribution in [-0.2, 0) is 10.0 Å². The molecule has 0 unspecified atom stereocenters. The van der Waals surface area contributed by atoms with Gasteiger partial charge in [0, 0.05) is 5.69 Å². The minimum atomic E-state index is -3.85. The first-order chi connectivity index (χ1) is 8.88. The van der Waals surface area contributed by atoms with Gasteiger partial charge in [-0.3, -0.25) is 4.72 Å². The summed E-state index contributed by atoms with van der Waals surface area (Å²) >= 11 is 0. The van der Waals surface area contributed by atoms with E-state index in [1.807, 2.05) is 0 Å². The number of benzene rings is 2. The summed E-state index contributed by atoms with van der Waals surface area (Å²) in [6.07, 6.45) is 0. The van der Waals surface area contributed by atoms with Crippen LogP contribution in [0.15, 0.2) is 47.4 Å². The number of nitrogens with one attached hydrogen (secondary N) is 1. The van der Waals surface area contributed by atoms with Crippen LogP contribution in [-0.4, -0.2) is 8.42 Å². The Morgan fingerprint density at radius 2 is 1.89 bits per heavy atom. The molecule has 19 heavy (non-hydrogen) atoms. The van der Waals surface area contributed by atoms with Crippen LogP contribution in [0.2, 0.25) is 0 Å². The molecule has 0 bridgehead atoms. The summed E-state index contributed by atoms with van der Waals surface area (Å²) in [5.41, 5.74) is 6.54. The second-order valence-corrected chi connectivity index (χ2v) is 5.84. The van der Waals surface area contributed by atoms with Crippen LogP contribution in [0, 0.1) is 12.7 Å². The fraction of sp³-hybridized carbons (Fsp3) is 0.0769. The van der Waals surface area contributed by atoms with Gasteiger partial charge in [-0.1, -0.05) is 12.1 Å². The molecular weight excluding hydrogens is 267 g/mol. The number of nitrogen functional groups attached to an aromatic ring is 1. The predicted octanol–water partition coefficient (Wildman–Crippen LogP) is 2.52. The van der Waals surface area contributed by atoms with E-state index in [1.165, 1.54) is 30.3 Å². The van der Waals surface area contributed by atoms with Crippen molar-refractivity contribution in [3.05, 3.63) is 53.8 Å². The van der Waals surface area contributed by atoms with Gasteiger partial charge in [0.15, 0.2) is 0 Å². The van der Waals surface area contributed by atoms with Crippen molar-refractivity contribution in [1.82, 2.24) is 0 Å². The van der Waals surface area contributed by atoms with Crippen LogP contribution in [0.5, 0.6) is 0 Å². The second-order valence-electron chi connectivity index (χ2n) is 4.16. The van der Waals surface area contributed by atoms with E-state index in [0.29, 0.717) is 5.69 Å². The smallest absolute Gasteiger partial charge is 0.262 e. The lowest BCUT2D eigenvalue weighted by Gasteiger charge is -2.10. The molecule has 100 valence electrons. The fourth-order valence-electron chi connectivity index (χ4n) is 1.60. The van der Waals surface area contributed by atoms with Crippen molar-refractivity contribution in [2.24, 2.45) is 0 Å². The third-order valence-electron chi connectivity index (χ3n) is 2.53. The highest BCUT2D eigenvalue weighted by Crippen LogP contribution is 2.21. The molecule has 2 aromatic rings. The van der Waals surface area contributed by atoms with E-state index in [4.69, 9.17) is 5.73 Å². The maximum atomic E-state index is 13.5. The highest BCUT2D eigenvalue weighted by atomic mass is 32.2.